The molecule has 3 rings (SSSR count). The van der Waals surface area contributed by atoms with E-state index >= 15 is 0 Å². The monoisotopic (exact) mass is 415 g/mol. The molecule has 1 atom stereocenters. The van der Waals surface area contributed by atoms with Crippen molar-refractivity contribution in [3.63, 3.8) is 0 Å². The number of nitrogens with zero attached hydrogens (tertiary/aromatic N) is 2. The first-order chi connectivity index (χ1) is 14.4. The van der Waals surface area contributed by atoms with Gasteiger partial charge < -0.3 is 24.1 Å². The standard InChI is InChI=1S/C22H29N3O5/c1-14(23-19(26)13-16-6-5-7-18(12-16)29-4)21-24-20(15(2)30-21)22(27)25-10-8-17(28-3)9-11-25/h5-7,12,14,17H,8-11,13H2,1-4H3,(H,23,26)/t14-/m0/s1. The van der Waals surface area contributed by atoms with E-state index < -0.39 is 6.04 Å². The molecule has 0 aliphatic carbocycles. The van der Waals surface area contributed by atoms with E-state index in [0.717, 1.165) is 18.4 Å². The Balaban J connectivity index is 1.61. The van der Waals surface area contributed by atoms with Crippen molar-refractivity contribution in [1.29, 1.82) is 0 Å². The summed E-state index contributed by atoms with van der Waals surface area (Å²) >= 11 is 0. The molecule has 8 nitrogen and oxygen atoms in total. The predicted molar refractivity (Wildman–Crippen MR) is 110 cm³/mol. The van der Waals surface area contributed by atoms with Crippen molar-refractivity contribution in [2.45, 2.75) is 45.3 Å². The van der Waals surface area contributed by atoms with Gasteiger partial charge in [-0.3, -0.25) is 9.59 Å². The van der Waals surface area contributed by atoms with Crippen LogP contribution >= 0.6 is 0 Å². The molecule has 1 aliphatic heterocycles. The molecular weight excluding hydrogens is 386 g/mol. The maximum Gasteiger partial charge on any atom is 0.276 e. The third-order valence-corrected chi connectivity index (χ3v) is 5.32. The first kappa shape index (κ1) is 21.8. The summed E-state index contributed by atoms with van der Waals surface area (Å²) in [6.45, 7) is 4.76. The van der Waals surface area contributed by atoms with Gasteiger partial charge in [0.15, 0.2) is 5.69 Å². The second-order valence-electron chi connectivity index (χ2n) is 7.50. The minimum atomic E-state index is -0.456. The van der Waals surface area contributed by atoms with Crippen LogP contribution in [0.4, 0.5) is 0 Å². The van der Waals surface area contributed by atoms with Crippen LogP contribution in [0.15, 0.2) is 28.7 Å². The number of likely N-dealkylation sites (tertiary alicyclic amines) is 1. The van der Waals surface area contributed by atoms with Crippen molar-refractivity contribution >= 4 is 11.8 Å². The number of carbonyl (C=O) groups excluding carboxylic acids is 2. The van der Waals surface area contributed by atoms with Crippen LogP contribution in [0.25, 0.3) is 0 Å². The highest BCUT2D eigenvalue weighted by atomic mass is 16.5. The van der Waals surface area contributed by atoms with Gasteiger partial charge in [-0.05, 0) is 44.4 Å². The molecule has 1 saturated heterocycles. The lowest BCUT2D eigenvalue weighted by atomic mass is 10.1. The fourth-order valence-electron chi connectivity index (χ4n) is 3.57. The highest BCUT2D eigenvalue weighted by molar-refractivity contribution is 5.93. The second-order valence-corrected chi connectivity index (χ2v) is 7.50. The van der Waals surface area contributed by atoms with Gasteiger partial charge in [-0.1, -0.05) is 12.1 Å². The number of aromatic nitrogens is 1. The minimum absolute atomic E-state index is 0.146. The van der Waals surface area contributed by atoms with Gasteiger partial charge in [0.05, 0.1) is 19.6 Å². The molecule has 162 valence electrons. The number of oxazole rings is 1. The zero-order chi connectivity index (χ0) is 21.7. The van der Waals surface area contributed by atoms with Gasteiger partial charge in [0.2, 0.25) is 11.8 Å². The van der Waals surface area contributed by atoms with Crippen LogP contribution < -0.4 is 10.1 Å². The van der Waals surface area contributed by atoms with Crippen molar-refractivity contribution in [2.75, 3.05) is 27.3 Å². The molecule has 0 radical (unpaired) electrons. The zero-order valence-corrected chi connectivity index (χ0v) is 17.9. The van der Waals surface area contributed by atoms with E-state index in [1.165, 1.54) is 0 Å². The fourth-order valence-corrected chi connectivity index (χ4v) is 3.57. The molecule has 0 unspecified atom stereocenters. The SMILES string of the molecule is COc1cccc(CC(=O)N[C@@H](C)c2nc(C(=O)N3CCC(OC)CC3)c(C)o2)c1. The van der Waals surface area contributed by atoms with E-state index in [0.29, 0.717) is 36.2 Å². The first-order valence-corrected chi connectivity index (χ1v) is 10.1. The summed E-state index contributed by atoms with van der Waals surface area (Å²) in [5, 5.41) is 2.88. The molecule has 2 amide bonds. The van der Waals surface area contributed by atoms with Gasteiger partial charge in [-0.15, -0.1) is 0 Å². The van der Waals surface area contributed by atoms with Crippen molar-refractivity contribution in [3.05, 3.63) is 47.2 Å². The number of benzene rings is 1. The lowest BCUT2D eigenvalue weighted by Gasteiger charge is -2.30. The molecule has 8 heteroatoms. The summed E-state index contributed by atoms with van der Waals surface area (Å²) < 4.78 is 16.2. The quantitative estimate of drug-likeness (QED) is 0.747. The number of rotatable bonds is 7. The van der Waals surface area contributed by atoms with Crippen LogP contribution in [0.2, 0.25) is 0 Å². The Bertz CT molecular complexity index is 887. The third kappa shape index (κ3) is 5.18. The Kier molecular flexibility index (Phi) is 7.10. The Morgan fingerprint density at radius 2 is 2.03 bits per heavy atom. The van der Waals surface area contributed by atoms with E-state index in [-0.39, 0.29) is 24.3 Å². The van der Waals surface area contributed by atoms with Crippen LogP contribution in [0.5, 0.6) is 5.75 Å². The number of aryl methyl sites for hydroxylation is 1. The average molecular weight is 415 g/mol. The molecule has 30 heavy (non-hydrogen) atoms. The largest absolute Gasteiger partial charge is 0.497 e. The first-order valence-electron chi connectivity index (χ1n) is 10.1. The van der Waals surface area contributed by atoms with Gasteiger partial charge in [0.1, 0.15) is 17.6 Å². The van der Waals surface area contributed by atoms with Crippen LogP contribution in [-0.2, 0) is 16.0 Å². The molecule has 0 saturated carbocycles. The van der Waals surface area contributed by atoms with E-state index in [1.807, 2.05) is 24.3 Å². The number of piperidine rings is 1. The van der Waals surface area contributed by atoms with Gasteiger partial charge in [0.25, 0.3) is 5.91 Å². The Labute approximate surface area is 176 Å². The fraction of sp³-hybridized carbons (Fsp3) is 0.500. The Morgan fingerprint density at radius 1 is 1.30 bits per heavy atom. The number of methoxy groups -OCH3 is 2. The van der Waals surface area contributed by atoms with Crippen molar-refractivity contribution in [2.24, 2.45) is 0 Å². The number of hydrogen-bond donors (Lipinski definition) is 1. The van der Waals surface area contributed by atoms with Crippen molar-refractivity contribution < 1.29 is 23.5 Å². The molecular formula is C22H29N3O5. The number of nitrogens with one attached hydrogen (secondary N) is 1. The molecule has 2 aromatic rings. The lowest BCUT2D eigenvalue weighted by Crippen LogP contribution is -2.41. The van der Waals surface area contributed by atoms with Gasteiger partial charge in [0, 0.05) is 20.2 Å². The average Bonchev–Trinajstić information content (AvgIpc) is 3.15. The van der Waals surface area contributed by atoms with E-state index in [9.17, 15) is 9.59 Å². The maximum atomic E-state index is 12.8. The Hall–Kier alpha value is -2.87. The molecule has 1 aromatic heterocycles. The number of carbonyl (C=O) groups is 2. The molecule has 1 fully saturated rings. The van der Waals surface area contributed by atoms with Crippen molar-refractivity contribution in [1.82, 2.24) is 15.2 Å². The Morgan fingerprint density at radius 3 is 2.70 bits per heavy atom. The molecule has 1 N–H and O–H groups in total. The number of ether oxygens (including phenoxy) is 2. The highest BCUT2D eigenvalue weighted by Gasteiger charge is 2.28. The smallest absolute Gasteiger partial charge is 0.276 e. The van der Waals surface area contributed by atoms with Gasteiger partial charge in [-0.25, -0.2) is 4.98 Å². The lowest BCUT2D eigenvalue weighted by molar-refractivity contribution is -0.121. The summed E-state index contributed by atoms with van der Waals surface area (Å²) in [4.78, 5) is 31.4. The van der Waals surface area contributed by atoms with E-state index in [1.54, 1.807) is 33.0 Å². The molecule has 0 bridgehead atoms. The molecule has 2 heterocycles. The van der Waals surface area contributed by atoms with Crippen molar-refractivity contribution in [3.8, 4) is 5.75 Å². The summed E-state index contributed by atoms with van der Waals surface area (Å²) in [5.41, 5.74) is 1.15. The summed E-state index contributed by atoms with van der Waals surface area (Å²) in [6, 6.07) is 6.91. The topological polar surface area (TPSA) is 93.9 Å². The van der Waals surface area contributed by atoms with Crippen LogP contribution in [0, 0.1) is 6.92 Å². The number of hydrogen-bond acceptors (Lipinski definition) is 6. The third-order valence-electron chi connectivity index (χ3n) is 5.32. The maximum absolute atomic E-state index is 12.8. The minimum Gasteiger partial charge on any atom is -0.497 e. The van der Waals surface area contributed by atoms with Gasteiger partial charge >= 0.3 is 0 Å². The molecule has 1 aromatic carbocycles. The zero-order valence-electron chi connectivity index (χ0n) is 17.9. The molecule has 0 spiro atoms. The summed E-state index contributed by atoms with van der Waals surface area (Å²) in [5.74, 6) is 1.17. The number of amides is 2. The van der Waals surface area contributed by atoms with Crippen LogP contribution in [-0.4, -0.2) is 55.1 Å². The van der Waals surface area contributed by atoms with Crippen LogP contribution in [0.3, 0.4) is 0 Å². The predicted octanol–water partition coefficient (Wildman–Crippen LogP) is 2.66. The van der Waals surface area contributed by atoms with Gasteiger partial charge in [-0.2, -0.15) is 0 Å². The normalized spacial score (nSPS) is 15.7. The van der Waals surface area contributed by atoms with Crippen LogP contribution in [0.1, 0.15) is 53.5 Å². The molecule has 1 aliphatic rings. The summed E-state index contributed by atoms with van der Waals surface area (Å²) in [6.07, 6.45) is 2.02. The van der Waals surface area contributed by atoms with E-state index in [2.05, 4.69) is 10.3 Å². The van der Waals surface area contributed by atoms with E-state index in [4.69, 9.17) is 13.9 Å². The second kappa shape index (κ2) is 9.75. The highest BCUT2D eigenvalue weighted by Crippen LogP contribution is 2.21. The summed E-state index contributed by atoms with van der Waals surface area (Å²) in [7, 11) is 3.28.